The quantitative estimate of drug-likeness (QED) is 0.457. The minimum Gasteiger partial charge on any atom is -0.376 e. The molecule has 1 aromatic carbocycles. The van der Waals surface area contributed by atoms with Crippen LogP contribution in [-0.2, 0) is 9.53 Å². The summed E-state index contributed by atoms with van der Waals surface area (Å²) in [4.78, 5) is 49.7. The number of rotatable bonds is 6. The fraction of sp³-hybridized carbons (Fsp3) is 0.500. The number of carbonyl (C=O) groups is 3. The maximum Gasteiger partial charge on any atom is 0.282 e. The van der Waals surface area contributed by atoms with Gasteiger partial charge in [-0.15, -0.1) is 0 Å². The molecule has 2 heterocycles. The van der Waals surface area contributed by atoms with E-state index < -0.39 is 34.4 Å². The number of benzene rings is 1. The van der Waals surface area contributed by atoms with E-state index in [0.29, 0.717) is 13.2 Å². The lowest BCUT2D eigenvalue weighted by atomic mass is 10.0. The molecule has 0 radical (unpaired) electrons. The summed E-state index contributed by atoms with van der Waals surface area (Å²) in [7, 11) is 0. The van der Waals surface area contributed by atoms with E-state index in [9.17, 15) is 24.5 Å². The molecular weight excluding hydrogens is 354 g/mol. The van der Waals surface area contributed by atoms with Gasteiger partial charge in [-0.25, -0.2) is 0 Å². The molecule has 9 nitrogen and oxygen atoms in total. The molecule has 9 heteroatoms. The van der Waals surface area contributed by atoms with Crippen LogP contribution in [0, 0.1) is 16.0 Å². The smallest absolute Gasteiger partial charge is 0.282 e. The zero-order chi connectivity index (χ0) is 19.7. The molecule has 2 aliphatic heterocycles. The third kappa shape index (κ3) is 3.42. The normalized spacial score (nSPS) is 20.1. The van der Waals surface area contributed by atoms with Crippen LogP contribution in [0.25, 0.3) is 0 Å². The fourth-order valence-electron chi connectivity index (χ4n) is 3.53. The number of nitrogens with one attached hydrogen (secondary N) is 1. The Balaban J connectivity index is 1.86. The number of ether oxygens (including phenoxy) is 1. The lowest BCUT2D eigenvalue weighted by molar-refractivity contribution is -0.385. The van der Waals surface area contributed by atoms with E-state index in [2.05, 4.69) is 5.32 Å². The van der Waals surface area contributed by atoms with Gasteiger partial charge < -0.3 is 10.1 Å². The van der Waals surface area contributed by atoms with E-state index in [1.54, 1.807) is 13.8 Å². The number of hydrogen-bond donors (Lipinski definition) is 1. The summed E-state index contributed by atoms with van der Waals surface area (Å²) >= 11 is 0. The lowest BCUT2D eigenvalue weighted by Crippen LogP contribution is -2.53. The van der Waals surface area contributed by atoms with Crippen molar-refractivity contribution in [2.45, 2.75) is 38.8 Å². The van der Waals surface area contributed by atoms with Crippen LogP contribution in [0.5, 0.6) is 0 Å². The average molecular weight is 375 g/mol. The average Bonchev–Trinajstić information content (AvgIpc) is 3.22. The van der Waals surface area contributed by atoms with Crippen molar-refractivity contribution in [2.24, 2.45) is 5.92 Å². The van der Waals surface area contributed by atoms with Crippen LogP contribution in [0.3, 0.4) is 0 Å². The van der Waals surface area contributed by atoms with Crippen LogP contribution >= 0.6 is 0 Å². The monoisotopic (exact) mass is 375 g/mol. The van der Waals surface area contributed by atoms with Gasteiger partial charge in [-0.1, -0.05) is 19.9 Å². The van der Waals surface area contributed by atoms with Crippen LogP contribution in [0.4, 0.5) is 5.69 Å². The van der Waals surface area contributed by atoms with Gasteiger partial charge in [0.15, 0.2) is 0 Å². The van der Waals surface area contributed by atoms with E-state index >= 15 is 0 Å². The molecule has 1 N–H and O–H groups in total. The highest BCUT2D eigenvalue weighted by atomic mass is 16.6. The van der Waals surface area contributed by atoms with Gasteiger partial charge in [-0.05, 0) is 24.8 Å². The molecule has 1 saturated heterocycles. The fourth-order valence-corrected chi connectivity index (χ4v) is 3.53. The first-order chi connectivity index (χ1) is 12.8. The second kappa shape index (κ2) is 7.43. The van der Waals surface area contributed by atoms with Gasteiger partial charge in [0.25, 0.3) is 17.5 Å². The molecule has 1 fully saturated rings. The second-order valence-electron chi connectivity index (χ2n) is 7.01. The number of hydrogen-bond acceptors (Lipinski definition) is 6. The van der Waals surface area contributed by atoms with Gasteiger partial charge in [0.2, 0.25) is 5.91 Å². The summed E-state index contributed by atoms with van der Waals surface area (Å²) in [5.41, 5.74) is -0.743. The molecule has 2 aliphatic rings. The lowest BCUT2D eigenvalue weighted by Gasteiger charge is -2.28. The van der Waals surface area contributed by atoms with Crippen molar-refractivity contribution in [3.05, 3.63) is 39.4 Å². The van der Waals surface area contributed by atoms with Gasteiger partial charge in [0.05, 0.1) is 16.6 Å². The minimum atomic E-state index is -1.06. The summed E-state index contributed by atoms with van der Waals surface area (Å²) in [6.07, 6.45) is 1.69. The Labute approximate surface area is 155 Å². The van der Waals surface area contributed by atoms with Crippen molar-refractivity contribution in [1.29, 1.82) is 0 Å². The maximum atomic E-state index is 12.8. The molecular formula is C18H21N3O6. The predicted octanol–water partition coefficient (Wildman–Crippen LogP) is 1.51. The Bertz CT molecular complexity index is 800. The Morgan fingerprint density at radius 2 is 2.11 bits per heavy atom. The molecule has 1 aromatic rings. The number of carbonyl (C=O) groups excluding carboxylic acids is 3. The van der Waals surface area contributed by atoms with Gasteiger partial charge in [0.1, 0.15) is 11.6 Å². The van der Waals surface area contributed by atoms with Crippen molar-refractivity contribution < 1.29 is 24.0 Å². The second-order valence-corrected chi connectivity index (χ2v) is 7.01. The van der Waals surface area contributed by atoms with E-state index in [1.165, 1.54) is 18.2 Å². The maximum absolute atomic E-state index is 12.8. The summed E-state index contributed by atoms with van der Waals surface area (Å²) in [6, 6.07) is 2.84. The van der Waals surface area contributed by atoms with Crippen LogP contribution in [-0.4, -0.2) is 52.8 Å². The van der Waals surface area contributed by atoms with Gasteiger partial charge >= 0.3 is 0 Å². The third-order valence-electron chi connectivity index (χ3n) is 4.83. The Morgan fingerprint density at radius 1 is 1.37 bits per heavy atom. The van der Waals surface area contributed by atoms with Crippen molar-refractivity contribution in [1.82, 2.24) is 10.2 Å². The summed E-state index contributed by atoms with van der Waals surface area (Å²) in [5, 5.41) is 14.0. The number of nitro benzene ring substituents is 1. The van der Waals surface area contributed by atoms with Crippen molar-refractivity contribution >= 4 is 23.4 Å². The van der Waals surface area contributed by atoms with Crippen molar-refractivity contribution in [2.75, 3.05) is 13.2 Å². The Morgan fingerprint density at radius 3 is 2.70 bits per heavy atom. The number of nitro groups is 1. The largest absolute Gasteiger partial charge is 0.376 e. The van der Waals surface area contributed by atoms with Crippen LogP contribution in [0.15, 0.2) is 18.2 Å². The minimum absolute atomic E-state index is 0.0493. The molecule has 0 unspecified atom stereocenters. The molecule has 0 aliphatic carbocycles. The number of fused-ring (bicyclic) bond motifs is 1. The van der Waals surface area contributed by atoms with Crippen LogP contribution in [0.1, 0.15) is 47.4 Å². The Kier molecular flexibility index (Phi) is 5.22. The zero-order valence-electron chi connectivity index (χ0n) is 15.1. The summed E-state index contributed by atoms with van der Waals surface area (Å²) in [6.45, 7) is 4.38. The van der Waals surface area contributed by atoms with Gasteiger partial charge in [-0.3, -0.25) is 29.4 Å². The van der Waals surface area contributed by atoms with Crippen molar-refractivity contribution in [3.8, 4) is 0 Å². The standard InChI is InChI=1S/C18H21N3O6/c1-10(2)15(16(22)19-9-11-5-4-8-27-11)20-17(23)12-6-3-7-13(21(25)26)14(12)18(20)24/h3,6-7,10-11,15H,4-5,8-9H2,1-2H3,(H,19,22)/t11-,15-/m1/s1. The van der Waals surface area contributed by atoms with E-state index in [0.717, 1.165) is 17.7 Å². The van der Waals surface area contributed by atoms with Crippen LogP contribution in [0.2, 0.25) is 0 Å². The van der Waals surface area contributed by atoms with E-state index in [-0.39, 0.29) is 23.1 Å². The molecule has 0 bridgehead atoms. The molecule has 3 amide bonds. The highest BCUT2D eigenvalue weighted by molar-refractivity contribution is 6.24. The van der Waals surface area contributed by atoms with Gasteiger partial charge in [0, 0.05) is 19.2 Å². The van der Waals surface area contributed by atoms with Crippen molar-refractivity contribution in [3.63, 3.8) is 0 Å². The molecule has 2 atom stereocenters. The SMILES string of the molecule is CC(C)[C@H](C(=O)NC[C@H]1CCCO1)N1C(=O)c2cccc([N+](=O)[O-])c2C1=O. The molecule has 27 heavy (non-hydrogen) atoms. The predicted molar refractivity (Wildman–Crippen MR) is 94.2 cm³/mol. The topological polar surface area (TPSA) is 119 Å². The Hall–Kier alpha value is -2.81. The highest BCUT2D eigenvalue weighted by Gasteiger charge is 2.47. The highest BCUT2D eigenvalue weighted by Crippen LogP contribution is 2.33. The van der Waals surface area contributed by atoms with E-state index in [4.69, 9.17) is 4.74 Å². The number of imide groups is 1. The van der Waals surface area contributed by atoms with Crippen LogP contribution < -0.4 is 5.32 Å². The summed E-state index contributed by atoms with van der Waals surface area (Å²) < 4.78 is 5.47. The first-order valence-electron chi connectivity index (χ1n) is 8.87. The zero-order valence-corrected chi connectivity index (χ0v) is 15.1. The first-order valence-corrected chi connectivity index (χ1v) is 8.87. The molecule has 0 saturated carbocycles. The molecule has 0 spiro atoms. The van der Waals surface area contributed by atoms with E-state index in [1.807, 2.05) is 0 Å². The molecule has 144 valence electrons. The summed E-state index contributed by atoms with van der Waals surface area (Å²) in [5.74, 6) is -2.34. The first kappa shape index (κ1) is 19.0. The third-order valence-corrected chi connectivity index (χ3v) is 4.83. The van der Waals surface area contributed by atoms with Gasteiger partial charge in [-0.2, -0.15) is 0 Å². The number of nitrogens with zero attached hydrogens (tertiary/aromatic N) is 2. The molecule has 0 aromatic heterocycles. The number of amides is 3. The molecule has 3 rings (SSSR count).